The third-order valence-electron chi connectivity index (χ3n) is 3.04. The van der Waals surface area contributed by atoms with Crippen LogP contribution in [0.15, 0.2) is 42.5 Å². The maximum Gasteiger partial charge on any atom is 0.229 e. The minimum absolute atomic E-state index is 0. The Morgan fingerprint density at radius 1 is 1.14 bits per heavy atom. The van der Waals surface area contributed by atoms with Crippen molar-refractivity contribution < 1.29 is 4.74 Å². The van der Waals surface area contributed by atoms with Crippen molar-refractivity contribution >= 4 is 52.4 Å². The number of nitrogens with zero attached hydrogens (tertiary/aromatic N) is 2. The quantitative estimate of drug-likeness (QED) is 0.755. The number of methoxy groups -OCH3 is 1. The summed E-state index contributed by atoms with van der Waals surface area (Å²) in [5.41, 5.74) is 7.41. The Balaban J connectivity index is 0.00000176. The first-order valence-electron chi connectivity index (χ1n) is 6.30. The summed E-state index contributed by atoms with van der Waals surface area (Å²) < 4.78 is 5.28. The van der Waals surface area contributed by atoms with Gasteiger partial charge in [0, 0.05) is 10.4 Å². The van der Waals surface area contributed by atoms with Crippen molar-refractivity contribution in [2.24, 2.45) is 0 Å². The van der Waals surface area contributed by atoms with Gasteiger partial charge in [-0.25, -0.2) is 4.98 Å². The fraction of sp³-hybridized carbons (Fsp3) is 0.0667. The highest BCUT2D eigenvalue weighted by molar-refractivity contribution is 6.31. The topological polar surface area (TPSA) is 73.1 Å². The number of hydrogen-bond donors (Lipinski definition) is 2. The summed E-state index contributed by atoms with van der Waals surface area (Å²) in [4.78, 5) is 8.69. The van der Waals surface area contributed by atoms with Crippen molar-refractivity contribution in [1.82, 2.24) is 9.97 Å². The number of para-hydroxylation sites is 1. The molecule has 5 nitrogen and oxygen atoms in total. The number of nitrogen functional groups attached to an aromatic ring is 1. The monoisotopic (exact) mass is 336 g/mol. The van der Waals surface area contributed by atoms with E-state index in [4.69, 9.17) is 22.1 Å². The number of hydrogen-bond acceptors (Lipinski definition) is 5. The molecular weight excluding hydrogens is 323 g/mol. The molecular formula is C15H14Cl2N4O. The van der Waals surface area contributed by atoms with Crippen LogP contribution in [0.5, 0.6) is 5.75 Å². The van der Waals surface area contributed by atoms with E-state index in [0.29, 0.717) is 28.2 Å². The van der Waals surface area contributed by atoms with Crippen molar-refractivity contribution in [2.45, 2.75) is 0 Å². The van der Waals surface area contributed by atoms with Gasteiger partial charge in [0.05, 0.1) is 18.3 Å². The Morgan fingerprint density at radius 2 is 1.91 bits per heavy atom. The Kier molecular flexibility index (Phi) is 4.90. The number of nitrogens with two attached hydrogens (primary N) is 1. The second kappa shape index (κ2) is 6.68. The van der Waals surface area contributed by atoms with Gasteiger partial charge in [-0.3, -0.25) is 0 Å². The molecule has 0 bridgehead atoms. The van der Waals surface area contributed by atoms with Crippen molar-refractivity contribution in [3.8, 4) is 5.75 Å². The third kappa shape index (κ3) is 3.16. The third-order valence-corrected chi connectivity index (χ3v) is 3.28. The van der Waals surface area contributed by atoms with Crippen LogP contribution in [0.3, 0.4) is 0 Å². The van der Waals surface area contributed by atoms with E-state index in [1.54, 1.807) is 25.3 Å². The second-order valence-corrected chi connectivity index (χ2v) is 4.86. The van der Waals surface area contributed by atoms with Gasteiger partial charge < -0.3 is 15.8 Å². The number of anilines is 3. The van der Waals surface area contributed by atoms with Crippen LogP contribution in [0.4, 0.5) is 17.5 Å². The largest absolute Gasteiger partial charge is 0.495 e. The summed E-state index contributed by atoms with van der Waals surface area (Å²) >= 11 is 6.01. The molecule has 0 radical (unpaired) electrons. The zero-order chi connectivity index (χ0) is 14.8. The normalized spacial score (nSPS) is 10.1. The highest BCUT2D eigenvalue weighted by Crippen LogP contribution is 2.30. The van der Waals surface area contributed by atoms with Crippen molar-refractivity contribution in [2.75, 3.05) is 18.2 Å². The van der Waals surface area contributed by atoms with Gasteiger partial charge in [-0.1, -0.05) is 23.7 Å². The average Bonchev–Trinajstić information content (AvgIpc) is 2.47. The van der Waals surface area contributed by atoms with Crippen LogP contribution in [0, 0.1) is 0 Å². The van der Waals surface area contributed by atoms with Gasteiger partial charge in [-0.2, -0.15) is 4.98 Å². The molecule has 0 spiro atoms. The summed E-state index contributed by atoms with van der Waals surface area (Å²) in [7, 11) is 1.59. The van der Waals surface area contributed by atoms with Crippen LogP contribution >= 0.6 is 24.0 Å². The van der Waals surface area contributed by atoms with Gasteiger partial charge in [-0.15, -0.1) is 12.4 Å². The Hall–Kier alpha value is -2.24. The lowest BCUT2D eigenvalue weighted by Crippen LogP contribution is -2.02. The molecule has 0 saturated heterocycles. The molecule has 3 N–H and O–H groups in total. The number of halogens is 2. The summed E-state index contributed by atoms with van der Waals surface area (Å²) in [5, 5.41) is 4.50. The molecule has 0 unspecified atom stereocenters. The van der Waals surface area contributed by atoms with E-state index < -0.39 is 0 Å². The standard InChI is InChI=1S/C15H13ClN4O.ClH/c1-21-13-7-6-9(16)8-12(13)19-15-18-11-5-3-2-4-10(11)14(17)20-15;/h2-8H,1H3,(H3,17,18,19,20);1H. The van der Waals surface area contributed by atoms with Crippen LogP contribution in [0.2, 0.25) is 5.02 Å². The minimum atomic E-state index is 0. The van der Waals surface area contributed by atoms with Gasteiger partial charge >= 0.3 is 0 Å². The second-order valence-electron chi connectivity index (χ2n) is 4.42. The number of aromatic nitrogens is 2. The predicted octanol–water partition coefficient (Wildman–Crippen LogP) is 4.04. The number of benzene rings is 2. The molecule has 0 fully saturated rings. The smallest absolute Gasteiger partial charge is 0.229 e. The van der Waals surface area contributed by atoms with E-state index >= 15 is 0 Å². The molecule has 22 heavy (non-hydrogen) atoms. The molecule has 3 aromatic rings. The summed E-state index contributed by atoms with van der Waals surface area (Å²) in [6.07, 6.45) is 0. The molecule has 0 aliphatic carbocycles. The molecule has 3 rings (SSSR count). The molecule has 0 aliphatic rings. The first-order valence-corrected chi connectivity index (χ1v) is 6.68. The number of fused-ring (bicyclic) bond motifs is 1. The molecule has 1 aromatic heterocycles. The van der Waals surface area contributed by atoms with E-state index in [1.165, 1.54) is 0 Å². The van der Waals surface area contributed by atoms with Crippen LogP contribution in [-0.4, -0.2) is 17.1 Å². The molecule has 0 amide bonds. The molecule has 114 valence electrons. The molecule has 0 aliphatic heterocycles. The lowest BCUT2D eigenvalue weighted by Gasteiger charge is -2.11. The fourth-order valence-electron chi connectivity index (χ4n) is 2.06. The summed E-state index contributed by atoms with van der Waals surface area (Å²) in [6, 6.07) is 12.8. The molecule has 2 aromatic carbocycles. The lowest BCUT2D eigenvalue weighted by molar-refractivity contribution is 0.417. The number of ether oxygens (including phenoxy) is 1. The maximum absolute atomic E-state index is 6.01. The summed E-state index contributed by atoms with van der Waals surface area (Å²) in [5.74, 6) is 1.46. The predicted molar refractivity (Wildman–Crippen MR) is 92.5 cm³/mol. The van der Waals surface area contributed by atoms with E-state index in [0.717, 1.165) is 10.9 Å². The lowest BCUT2D eigenvalue weighted by atomic mass is 10.2. The first kappa shape index (κ1) is 16.1. The molecule has 0 saturated carbocycles. The van der Waals surface area contributed by atoms with E-state index in [1.807, 2.05) is 24.3 Å². The highest BCUT2D eigenvalue weighted by atomic mass is 35.5. The van der Waals surface area contributed by atoms with Gasteiger partial charge in [0.1, 0.15) is 11.6 Å². The Labute approximate surface area is 138 Å². The zero-order valence-corrected chi connectivity index (χ0v) is 13.3. The summed E-state index contributed by atoms with van der Waals surface area (Å²) in [6.45, 7) is 0. The van der Waals surface area contributed by atoms with E-state index in [9.17, 15) is 0 Å². The SMILES string of the molecule is COc1ccc(Cl)cc1Nc1nc(N)c2ccccc2n1.Cl. The van der Waals surface area contributed by atoms with Gasteiger partial charge in [0.2, 0.25) is 5.95 Å². The van der Waals surface area contributed by atoms with Crippen molar-refractivity contribution in [1.29, 1.82) is 0 Å². The van der Waals surface area contributed by atoms with Gasteiger partial charge in [0.25, 0.3) is 0 Å². The van der Waals surface area contributed by atoms with E-state index in [2.05, 4.69) is 15.3 Å². The average molecular weight is 337 g/mol. The zero-order valence-electron chi connectivity index (χ0n) is 11.7. The molecule has 0 atom stereocenters. The van der Waals surface area contributed by atoms with Crippen LogP contribution in [-0.2, 0) is 0 Å². The maximum atomic E-state index is 6.01. The highest BCUT2D eigenvalue weighted by Gasteiger charge is 2.08. The van der Waals surface area contributed by atoms with E-state index in [-0.39, 0.29) is 12.4 Å². The van der Waals surface area contributed by atoms with Gasteiger partial charge in [0.15, 0.2) is 0 Å². The Bertz CT molecular complexity index is 811. The first-order chi connectivity index (χ1) is 10.2. The number of nitrogens with one attached hydrogen (secondary N) is 1. The van der Waals surface area contributed by atoms with Crippen LogP contribution < -0.4 is 15.8 Å². The number of rotatable bonds is 3. The molecule has 7 heteroatoms. The fourth-order valence-corrected chi connectivity index (χ4v) is 2.23. The van der Waals surface area contributed by atoms with Crippen molar-refractivity contribution in [3.05, 3.63) is 47.5 Å². The van der Waals surface area contributed by atoms with Crippen molar-refractivity contribution in [3.63, 3.8) is 0 Å². The Morgan fingerprint density at radius 3 is 2.68 bits per heavy atom. The minimum Gasteiger partial charge on any atom is -0.495 e. The van der Waals surface area contributed by atoms with Crippen LogP contribution in [0.25, 0.3) is 10.9 Å². The van der Waals surface area contributed by atoms with Crippen LogP contribution in [0.1, 0.15) is 0 Å². The van der Waals surface area contributed by atoms with Gasteiger partial charge in [-0.05, 0) is 30.3 Å². The molecule has 1 heterocycles.